The summed E-state index contributed by atoms with van der Waals surface area (Å²) in [5, 5.41) is 11.4. The Morgan fingerprint density at radius 1 is 0.920 bits per heavy atom. The summed E-state index contributed by atoms with van der Waals surface area (Å²) in [5.41, 5.74) is -0.808. The molecule has 2 aromatic rings. The number of hydrogen-bond acceptors (Lipinski definition) is 3. The van der Waals surface area contributed by atoms with Gasteiger partial charge in [0.05, 0.1) is 5.41 Å². The Kier molecular flexibility index (Phi) is 4.91. The summed E-state index contributed by atoms with van der Waals surface area (Å²) in [6.07, 6.45) is 0.740. The number of aromatic hydroxyl groups is 1. The number of carbonyl (C=O) groups excluding carboxylic acids is 1. The second kappa shape index (κ2) is 6.36. The topological polar surface area (TPSA) is 46.5 Å². The predicted octanol–water partition coefficient (Wildman–Crippen LogP) is 5.94. The van der Waals surface area contributed by atoms with Gasteiger partial charge in [0.2, 0.25) is 0 Å². The van der Waals surface area contributed by atoms with Crippen molar-refractivity contribution in [2.75, 3.05) is 0 Å². The van der Waals surface area contributed by atoms with E-state index in [1.807, 2.05) is 25.1 Å². The maximum Gasteiger partial charge on any atom is 0.317 e. The van der Waals surface area contributed by atoms with Crippen molar-refractivity contribution in [3.05, 3.63) is 36.4 Å². The first-order valence-corrected chi connectivity index (χ1v) is 8.77. The summed E-state index contributed by atoms with van der Waals surface area (Å²) in [7, 11) is 0. The van der Waals surface area contributed by atoms with Gasteiger partial charge in [-0.2, -0.15) is 0 Å². The largest absolute Gasteiger partial charge is 0.508 e. The molecule has 0 aliphatic rings. The van der Waals surface area contributed by atoms with E-state index in [1.165, 1.54) is 0 Å². The van der Waals surface area contributed by atoms with Crippen LogP contribution in [0.25, 0.3) is 10.8 Å². The third kappa shape index (κ3) is 4.33. The van der Waals surface area contributed by atoms with Crippen LogP contribution in [-0.2, 0) is 4.79 Å². The molecule has 2 aromatic carbocycles. The molecule has 0 heterocycles. The van der Waals surface area contributed by atoms with Crippen LogP contribution in [0.2, 0.25) is 0 Å². The van der Waals surface area contributed by atoms with Crippen molar-refractivity contribution in [1.29, 1.82) is 0 Å². The normalized spacial score (nSPS) is 15.0. The first-order valence-electron chi connectivity index (χ1n) is 8.77. The molecule has 0 saturated carbocycles. The van der Waals surface area contributed by atoms with Crippen LogP contribution < -0.4 is 4.74 Å². The van der Waals surface area contributed by atoms with Crippen LogP contribution in [-0.4, -0.2) is 11.1 Å². The molecule has 0 fully saturated rings. The van der Waals surface area contributed by atoms with Crippen molar-refractivity contribution in [2.45, 2.75) is 54.9 Å². The van der Waals surface area contributed by atoms with Crippen molar-refractivity contribution in [1.82, 2.24) is 0 Å². The van der Waals surface area contributed by atoms with Gasteiger partial charge in [0, 0.05) is 0 Å². The van der Waals surface area contributed by atoms with Gasteiger partial charge in [-0.05, 0) is 59.2 Å². The van der Waals surface area contributed by atoms with Crippen molar-refractivity contribution >= 4 is 16.7 Å². The number of phenolic OH excluding ortho intramolecular Hbond substituents is 1. The first-order chi connectivity index (χ1) is 11.3. The molecular weight excluding hydrogens is 312 g/mol. The van der Waals surface area contributed by atoms with E-state index in [2.05, 4.69) is 41.5 Å². The van der Waals surface area contributed by atoms with Crippen molar-refractivity contribution in [2.24, 2.45) is 16.2 Å². The van der Waals surface area contributed by atoms with Crippen LogP contribution in [0.5, 0.6) is 11.5 Å². The highest BCUT2D eigenvalue weighted by Gasteiger charge is 2.47. The molecule has 0 saturated heterocycles. The van der Waals surface area contributed by atoms with Gasteiger partial charge in [-0.15, -0.1) is 0 Å². The van der Waals surface area contributed by atoms with Gasteiger partial charge in [0.25, 0.3) is 0 Å². The van der Waals surface area contributed by atoms with Crippen LogP contribution in [0.15, 0.2) is 36.4 Å². The molecule has 0 aromatic heterocycles. The molecule has 0 amide bonds. The Morgan fingerprint density at radius 2 is 1.48 bits per heavy atom. The van der Waals surface area contributed by atoms with E-state index in [0.29, 0.717) is 5.75 Å². The lowest BCUT2D eigenvalue weighted by atomic mass is 9.61. The van der Waals surface area contributed by atoms with Crippen molar-refractivity contribution in [3.63, 3.8) is 0 Å². The lowest BCUT2D eigenvalue weighted by molar-refractivity contribution is -0.154. The third-order valence-electron chi connectivity index (χ3n) is 5.00. The fourth-order valence-corrected chi connectivity index (χ4v) is 3.20. The number of rotatable bonds is 3. The monoisotopic (exact) mass is 342 g/mol. The molecule has 3 heteroatoms. The highest BCUT2D eigenvalue weighted by Crippen LogP contribution is 2.47. The smallest absolute Gasteiger partial charge is 0.317 e. The second-order valence-electron chi connectivity index (χ2n) is 9.40. The summed E-state index contributed by atoms with van der Waals surface area (Å²) in [6, 6.07) is 10.6. The summed E-state index contributed by atoms with van der Waals surface area (Å²) in [4.78, 5) is 13.1. The quantitative estimate of drug-likeness (QED) is 0.554. The molecule has 0 aliphatic heterocycles. The number of carbonyl (C=O) groups is 1. The van der Waals surface area contributed by atoms with Gasteiger partial charge in [-0.1, -0.05) is 53.7 Å². The van der Waals surface area contributed by atoms with Gasteiger partial charge >= 0.3 is 5.97 Å². The zero-order chi connectivity index (χ0) is 19.0. The van der Waals surface area contributed by atoms with E-state index in [0.717, 1.165) is 17.2 Å². The Bertz CT molecular complexity index is 778. The number of hydrogen-bond donors (Lipinski definition) is 1. The molecule has 0 spiro atoms. The van der Waals surface area contributed by atoms with Gasteiger partial charge < -0.3 is 9.84 Å². The number of fused-ring (bicyclic) bond motifs is 1. The van der Waals surface area contributed by atoms with Crippen LogP contribution in [0, 0.1) is 16.2 Å². The van der Waals surface area contributed by atoms with Gasteiger partial charge in [-0.3, -0.25) is 4.79 Å². The number of phenols is 1. The summed E-state index contributed by atoms with van der Waals surface area (Å²) in [6.45, 7) is 14.7. The van der Waals surface area contributed by atoms with Gasteiger partial charge in [0.1, 0.15) is 11.5 Å². The summed E-state index contributed by atoms with van der Waals surface area (Å²) in [5.74, 6) is 0.559. The average molecular weight is 342 g/mol. The van der Waals surface area contributed by atoms with E-state index in [1.54, 1.807) is 18.2 Å². The highest BCUT2D eigenvalue weighted by molar-refractivity contribution is 5.86. The maximum absolute atomic E-state index is 13.1. The van der Waals surface area contributed by atoms with E-state index >= 15 is 0 Å². The molecule has 1 atom stereocenters. The number of benzene rings is 2. The van der Waals surface area contributed by atoms with E-state index in [-0.39, 0.29) is 22.5 Å². The standard InChI is InChI=1S/C22H30O3/c1-20(2,3)14-22(7,21(4,5)6)19(24)25-18-11-9-15-12-17(23)10-8-16(15)13-18/h8-13,23H,14H2,1-7H3. The SMILES string of the molecule is CC(C)(C)CC(C)(C(=O)Oc1ccc2cc(O)ccc2c1)C(C)(C)C. The molecule has 0 aliphatic carbocycles. The molecule has 3 nitrogen and oxygen atoms in total. The number of esters is 1. The molecule has 0 radical (unpaired) electrons. The Labute approximate surface area is 151 Å². The minimum absolute atomic E-state index is 0.0158. The molecule has 0 bridgehead atoms. The first kappa shape index (κ1) is 19.3. The minimum atomic E-state index is -0.602. The average Bonchev–Trinajstić information content (AvgIpc) is 2.44. The van der Waals surface area contributed by atoms with E-state index in [4.69, 9.17) is 4.74 Å². The van der Waals surface area contributed by atoms with E-state index in [9.17, 15) is 9.90 Å². The third-order valence-corrected chi connectivity index (χ3v) is 5.00. The van der Waals surface area contributed by atoms with Crippen LogP contribution in [0.3, 0.4) is 0 Å². The predicted molar refractivity (Wildman–Crippen MR) is 103 cm³/mol. The van der Waals surface area contributed by atoms with Gasteiger partial charge in [-0.25, -0.2) is 0 Å². The van der Waals surface area contributed by atoms with E-state index < -0.39 is 5.41 Å². The molecular formula is C22H30O3. The fraction of sp³-hybridized carbons (Fsp3) is 0.500. The molecule has 1 N–H and O–H groups in total. The van der Waals surface area contributed by atoms with Crippen LogP contribution >= 0.6 is 0 Å². The lowest BCUT2D eigenvalue weighted by Gasteiger charge is -2.43. The lowest BCUT2D eigenvalue weighted by Crippen LogP contribution is -2.45. The second-order valence-corrected chi connectivity index (χ2v) is 9.40. The Morgan fingerprint density at radius 3 is 2.04 bits per heavy atom. The Balaban J connectivity index is 2.33. The van der Waals surface area contributed by atoms with Crippen LogP contribution in [0.1, 0.15) is 54.9 Å². The highest BCUT2D eigenvalue weighted by atomic mass is 16.5. The molecule has 136 valence electrons. The fourth-order valence-electron chi connectivity index (χ4n) is 3.20. The van der Waals surface area contributed by atoms with Crippen molar-refractivity contribution < 1.29 is 14.6 Å². The van der Waals surface area contributed by atoms with Crippen LogP contribution in [0.4, 0.5) is 0 Å². The zero-order valence-corrected chi connectivity index (χ0v) is 16.4. The summed E-state index contributed by atoms with van der Waals surface area (Å²) >= 11 is 0. The van der Waals surface area contributed by atoms with Crippen molar-refractivity contribution in [3.8, 4) is 11.5 Å². The van der Waals surface area contributed by atoms with Gasteiger partial charge in [0.15, 0.2) is 0 Å². The number of ether oxygens (including phenoxy) is 1. The summed E-state index contributed by atoms with van der Waals surface area (Å²) < 4.78 is 5.79. The Hall–Kier alpha value is -2.03. The zero-order valence-electron chi connectivity index (χ0n) is 16.4. The molecule has 1 unspecified atom stereocenters. The molecule has 25 heavy (non-hydrogen) atoms. The maximum atomic E-state index is 13.1. The minimum Gasteiger partial charge on any atom is -0.508 e. The molecule has 2 rings (SSSR count).